The van der Waals surface area contributed by atoms with Crippen molar-refractivity contribution in [3.05, 3.63) is 65.5 Å². The molecule has 0 saturated heterocycles. The zero-order valence-corrected chi connectivity index (χ0v) is 17.3. The Morgan fingerprint density at radius 2 is 1.79 bits per heavy atom. The summed E-state index contributed by atoms with van der Waals surface area (Å²) in [6, 6.07) is 17.8. The van der Waals surface area contributed by atoms with Gasteiger partial charge in [-0.15, -0.1) is 16.4 Å². The number of nitrogens with one attached hydrogen (secondary N) is 1. The van der Waals surface area contributed by atoms with Gasteiger partial charge in [-0.05, 0) is 30.5 Å². The van der Waals surface area contributed by atoms with E-state index in [1.807, 2.05) is 60.0 Å². The molecule has 0 aliphatic rings. The average Bonchev–Trinajstić information content (AvgIpc) is 3.29. The fraction of sp³-hybridized carbons (Fsp3) is 0.227. The minimum Gasteiger partial charge on any atom is -0.481 e. The van der Waals surface area contributed by atoms with E-state index in [0.29, 0.717) is 11.7 Å². The second kappa shape index (κ2) is 8.05. The maximum absolute atomic E-state index is 12.5. The number of amides is 1. The molecule has 1 unspecified atom stereocenters. The molecule has 2 aromatic heterocycles. The SMILES string of the molecule is CC(Oc1ccc(C(C)C)cc1)C(=O)Nc1nc2scc(-c3ccccc3)n2n1. The minimum atomic E-state index is -0.671. The molecule has 4 aromatic rings. The number of fused-ring (bicyclic) bond motifs is 1. The zero-order chi connectivity index (χ0) is 20.4. The molecule has 4 rings (SSSR count). The first kappa shape index (κ1) is 19.1. The van der Waals surface area contributed by atoms with E-state index in [4.69, 9.17) is 4.74 Å². The van der Waals surface area contributed by atoms with Crippen molar-refractivity contribution in [1.29, 1.82) is 0 Å². The monoisotopic (exact) mass is 406 g/mol. The Bertz CT molecular complexity index is 1120. The predicted octanol–water partition coefficient (Wildman–Crippen LogP) is 4.99. The molecule has 0 aliphatic heterocycles. The first-order valence-electron chi connectivity index (χ1n) is 9.48. The fourth-order valence-electron chi connectivity index (χ4n) is 2.94. The van der Waals surface area contributed by atoms with Crippen LogP contribution in [0.1, 0.15) is 32.3 Å². The fourth-order valence-corrected chi connectivity index (χ4v) is 3.77. The number of nitrogens with zero attached hydrogens (tertiary/aromatic N) is 3. The third-order valence-corrected chi connectivity index (χ3v) is 5.43. The second-order valence-corrected chi connectivity index (χ2v) is 7.93. The molecule has 2 aromatic carbocycles. The van der Waals surface area contributed by atoms with Crippen LogP contribution in [0.15, 0.2) is 60.0 Å². The molecule has 6 nitrogen and oxygen atoms in total. The van der Waals surface area contributed by atoms with Crippen LogP contribution in [0.5, 0.6) is 5.75 Å². The van der Waals surface area contributed by atoms with Crippen molar-refractivity contribution in [2.45, 2.75) is 32.8 Å². The Labute approximate surface area is 173 Å². The van der Waals surface area contributed by atoms with Gasteiger partial charge in [0, 0.05) is 10.9 Å². The maximum Gasteiger partial charge on any atom is 0.267 e. The third-order valence-electron chi connectivity index (χ3n) is 4.62. The summed E-state index contributed by atoms with van der Waals surface area (Å²) in [4.78, 5) is 17.6. The summed E-state index contributed by atoms with van der Waals surface area (Å²) >= 11 is 1.48. The van der Waals surface area contributed by atoms with Crippen molar-refractivity contribution < 1.29 is 9.53 Å². The van der Waals surface area contributed by atoms with Crippen LogP contribution in [0.25, 0.3) is 16.2 Å². The van der Waals surface area contributed by atoms with Gasteiger partial charge in [-0.3, -0.25) is 10.1 Å². The van der Waals surface area contributed by atoms with Crippen molar-refractivity contribution in [3.8, 4) is 17.0 Å². The van der Waals surface area contributed by atoms with Gasteiger partial charge in [0.1, 0.15) is 5.75 Å². The molecular formula is C22H22N4O2S. The average molecular weight is 407 g/mol. The van der Waals surface area contributed by atoms with E-state index in [2.05, 4.69) is 29.2 Å². The number of benzene rings is 2. The molecule has 1 amide bonds. The van der Waals surface area contributed by atoms with Crippen LogP contribution < -0.4 is 10.1 Å². The topological polar surface area (TPSA) is 68.5 Å². The summed E-state index contributed by atoms with van der Waals surface area (Å²) in [6.45, 7) is 5.98. The maximum atomic E-state index is 12.5. The van der Waals surface area contributed by atoms with Gasteiger partial charge in [-0.1, -0.05) is 56.3 Å². The lowest BCUT2D eigenvalue weighted by Gasteiger charge is -2.14. The lowest BCUT2D eigenvalue weighted by atomic mass is 10.0. The Hall–Kier alpha value is -3.19. The van der Waals surface area contributed by atoms with Crippen molar-refractivity contribution in [3.63, 3.8) is 0 Å². The van der Waals surface area contributed by atoms with Crippen LogP contribution in [0, 0.1) is 0 Å². The van der Waals surface area contributed by atoms with E-state index in [-0.39, 0.29) is 11.9 Å². The predicted molar refractivity (Wildman–Crippen MR) is 116 cm³/mol. The smallest absolute Gasteiger partial charge is 0.267 e. The number of rotatable bonds is 6. The number of carbonyl (C=O) groups is 1. The standard InChI is InChI=1S/C22H22N4O2S/c1-14(2)16-9-11-18(12-10-16)28-15(3)20(27)23-21-24-22-26(25-21)19(13-29-22)17-7-5-4-6-8-17/h4-15H,1-3H3,(H,23,25,27). The van der Waals surface area contributed by atoms with Gasteiger partial charge in [0.2, 0.25) is 4.96 Å². The van der Waals surface area contributed by atoms with Crippen LogP contribution in [0.2, 0.25) is 0 Å². The molecular weight excluding hydrogens is 384 g/mol. The molecule has 0 saturated carbocycles. The van der Waals surface area contributed by atoms with Crippen LogP contribution >= 0.6 is 11.3 Å². The highest BCUT2D eigenvalue weighted by Gasteiger charge is 2.18. The third kappa shape index (κ3) is 4.14. The van der Waals surface area contributed by atoms with Gasteiger partial charge < -0.3 is 4.74 Å². The number of carbonyl (C=O) groups excluding carboxylic acids is 1. The molecule has 0 fully saturated rings. The lowest BCUT2D eigenvalue weighted by molar-refractivity contribution is -0.122. The van der Waals surface area contributed by atoms with Crippen LogP contribution in [0.4, 0.5) is 5.95 Å². The van der Waals surface area contributed by atoms with Crippen molar-refractivity contribution in [1.82, 2.24) is 14.6 Å². The molecule has 1 atom stereocenters. The highest BCUT2D eigenvalue weighted by molar-refractivity contribution is 7.15. The molecule has 29 heavy (non-hydrogen) atoms. The highest BCUT2D eigenvalue weighted by Crippen LogP contribution is 2.25. The van der Waals surface area contributed by atoms with Gasteiger partial charge in [0.05, 0.1) is 5.69 Å². The number of hydrogen-bond donors (Lipinski definition) is 1. The molecule has 0 spiro atoms. The summed E-state index contributed by atoms with van der Waals surface area (Å²) in [5, 5.41) is 9.19. The number of aromatic nitrogens is 3. The van der Waals surface area contributed by atoms with E-state index >= 15 is 0 Å². The number of thiazole rings is 1. The van der Waals surface area contributed by atoms with Gasteiger partial charge in [0.15, 0.2) is 6.10 Å². The molecule has 0 radical (unpaired) electrons. The molecule has 1 N–H and O–H groups in total. The van der Waals surface area contributed by atoms with Gasteiger partial charge in [-0.25, -0.2) is 4.52 Å². The number of ether oxygens (including phenoxy) is 1. The summed E-state index contributed by atoms with van der Waals surface area (Å²) in [5.41, 5.74) is 3.21. The molecule has 148 valence electrons. The molecule has 0 aliphatic carbocycles. The van der Waals surface area contributed by atoms with E-state index < -0.39 is 6.10 Å². The Morgan fingerprint density at radius 3 is 2.48 bits per heavy atom. The van der Waals surface area contributed by atoms with E-state index in [9.17, 15) is 4.79 Å². The first-order chi connectivity index (χ1) is 14.0. The lowest BCUT2D eigenvalue weighted by Crippen LogP contribution is -2.30. The molecule has 7 heteroatoms. The highest BCUT2D eigenvalue weighted by atomic mass is 32.1. The minimum absolute atomic E-state index is 0.268. The quantitative estimate of drug-likeness (QED) is 0.490. The van der Waals surface area contributed by atoms with Crippen LogP contribution in [-0.2, 0) is 4.79 Å². The van der Waals surface area contributed by atoms with Gasteiger partial charge in [0.25, 0.3) is 11.9 Å². The van der Waals surface area contributed by atoms with Crippen LogP contribution in [0.3, 0.4) is 0 Å². The zero-order valence-electron chi connectivity index (χ0n) is 16.5. The summed E-state index contributed by atoms with van der Waals surface area (Å²) in [7, 11) is 0. The largest absolute Gasteiger partial charge is 0.481 e. The van der Waals surface area contributed by atoms with Crippen molar-refractivity contribution >= 4 is 28.2 Å². The molecule has 2 heterocycles. The second-order valence-electron chi connectivity index (χ2n) is 7.09. The van der Waals surface area contributed by atoms with Crippen LogP contribution in [-0.4, -0.2) is 26.6 Å². The van der Waals surface area contributed by atoms with Gasteiger partial charge >= 0.3 is 0 Å². The summed E-state index contributed by atoms with van der Waals surface area (Å²) in [5.74, 6) is 1.08. The Morgan fingerprint density at radius 1 is 1.07 bits per heavy atom. The van der Waals surface area contributed by atoms with Crippen molar-refractivity contribution in [2.75, 3.05) is 5.32 Å². The van der Waals surface area contributed by atoms with E-state index in [1.54, 1.807) is 11.4 Å². The van der Waals surface area contributed by atoms with E-state index in [1.165, 1.54) is 16.9 Å². The first-order valence-corrected chi connectivity index (χ1v) is 10.4. The summed E-state index contributed by atoms with van der Waals surface area (Å²) in [6.07, 6.45) is -0.671. The molecule has 0 bridgehead atoms. The number of anilines is 1. The van der Waals surface area contributed by atoms with Gasteiger partial charge in [-0.2, -0.15) is 4.98 Å². The normalized spacial score (nSPS) is 12.3. The number of hydrogen-bond acceptors (Lipinski definition) is 5. The summed E-state index contributed by atoms with van der Waals surface area (Å²) < 4.78 is 7.50. The Balaban J connectivity index is 1.45. The Kier molecular flexibility index (Phi) is 5.31. The van der Waals surface area contributed by atoms with Crippen molar-refractivity contribution in [2.24, 2.45) is 0 Å². The van der Waals surface area contributed by atoms with E-state index in [0.717, 1.165) is 16.2 Å².